The topological polar surface area (TPSA) is 63.1 Å². The summed E-state index contributed by atoms with van der Waals surface area (Å²) < 4.78 is 1.70. The number of amides is 1. The summed E-state index contributed by atoms with van der Waals surface area (Å²) in [7, 11) is 1.83. The van der Waals surface area contributed by atoms with Crippen LogP contribution in [0.4, 0.5) is 5.82 Å². The lowest BCUT2D eigenvalue weighted by Crippen LogP contribution is -2.24. The largest absolute Gasteiger partial charge is 0.357 e. The molecule has 0 saturated carbocycles. The number of carbonyl (C=O) groups excluding carboxylic acids is 1. The molecule has 22 heavy (non-hydrogen) atoms. The van der Waals surface area contributed by atoms with Gasteiger partial charge in [0.2, 0.25) is 0 Å². The van der Waals surface area contributed by atoms with Gasteiger partial charge in [-0.1, -0.05) is 0 Å². The van der Waals surface area contributed by atoms with Gasteiger partial charge < -0.3 is 10.2 Å². The molecule has 0 bridgehead atoms. The molecule has 0 radical (unpaired) electrons. The molecule has 116 valence electrons. The number of nitrogens with one attached hydrogen (secondary N) is 1. The molecule has 3 heterocycles. The van der Waals surface area contributed by atoms with Gasteiger partial charge in [-0.25, -0.2) is 4.98 Å². The summed E-state index contributed by atoms with van der Waals surface area (Å²) in [5.74, 6) is 0.909. The van der Waals surface area contributed by atoms with Crippen LogP contribution in [0.3, 0.4) is 0 Å². The average Bonchev–Trinajstić information content (AvgIpc) is 3.17. The van der Waals surface area contributed by atoms with Gasteiger partial charge in [0.1, 0.15) is 5.82 Å². The Morgan fingerprint density at radius 1 is 1.36 bits per heavy atom. The molecule has 1 saturated heterocycles. The van der Waals surface area contributed by atoms with Crippen LogP contribution in [-0.2, 0) is 13.6 Å². The van der Waals surface area contributed by atoms with Gasteiger partial charge in [0.05, 0.1) is 11.8 Å². The van der Waals surface area contributed by atoms with Gasteiger partial charge in [-0.15, -0.1) is 0 Å². The van der Waals surface area contributed by atoms with Crippen LogP contribution >= 0.6 is 0 Å². The fourth-order valence-electron chi connectivity index (χ4n) is 2.69. The van der Waals surface area contributed by atoms with E-state index in [0.717, 1.165) is 30.2 Å². The van der Waals surface area contributed by atoms with Gasteiger partial charge in [-0.3, -0.25) is 9.48 Å². The minimum atomic E-state index is -0.0925. The molecular weight excluding hydrogens is 278 g/mol. The van der Waals surface area contributed by atoms with Gasteiger partial charge in [0, 0.05) is 38.6 Å². The summed E-state index contributed by atoms with van der Waals surface area (Å²) in [6.45, 7) is 4.52. The Balaban J connectivity index is 1.65. The SMILES string of the molecule is Cc1c(C(=O)NCc2ccnc(N3CCCC3)c2)cnn1C. The fourth-order valence-corrected chi connectivity index (χ4v) is 2.69. The Morgan fingerprint density at radius 2 is 2.14 bits per heavy atom. The lowest BCUT2D eigenvalue weighted by atomic mass is 10.2. The van der Waals surface area contributed by atoms with E-state index in [2.05, 4.69) is 26.4 Å². The number of nitrogens with zero attached hydrogens (tertiary/aromatic N) is 4. The molecule has 6 nitrogen and oxygen atoms in total. The average molecular weight is 299 g/mol. The van der Waals surface area contributed by atoms with E-state index in [-0.39, 0.29) is 5.91 Å². The number of aryl methyl sites for hydroxylation is 1. The number of rotatable bonds is 4. The number of hydrogen-bond acceptors (Lipinski definition) is 4. The van der Waals surface area contributed by atoms with Gasteiger partial charge in [-0.05, 0) is 37.5 Å². The third-order valence-electron chi connectivity index (χ3n) is 4.17. The molecule has 0 spiro atoms. The van der Waals surface area contributed by atoms with E-state index in [0.29, 0.717) is 12.1 Å². The predicted octanol–water partition coefficient (Wildman–Crippen LogP) is 1.65. The summed E-state index contributed by atoms with van der Waals surface area (Å²) in [5, 5.41) is 7.05. The zero-order valence-corrected chi connectivity index (χ0v) is 13.0. The number of anilines is 1. The van der Waals surface area contributed by atoms with Crippen LogP contribution in [0.15, 0.2) is 24.5 Å². The molecule has 0 atom stereocenters. The third-order valence-corrected chi connectivity index (χ3v) is 4.17. The predicted molar refractivity (Wildman–Crippen MR) is 84.8 cm³/mol. The summed E-state index contributed by atoms with van der Waals surface area (Å²) in [6.07, 6.45) is 5.86. The normalized spacial score (nSPS) is 14.4. The fraction of sp³-hybridized carbons (Fsp3) is 0.438. The molecular formula is C16H21N5O. The molecule has 1 amide bonds. The second-order valence-corrected chi connectivity index (χ2v) is 5.67. The molecule has 0 aromatic carbocycles. The quantitative estimate of drug-likeness (QED) is 0.932. The Morgan fingerprint density at radius 3 is 2.82 bits per heavy atom. The minimum absolute atomic E-state index is 0.0925. The second kappa shape index (κ2) is 6.17. The van der Waals surface area contributed by atoms with E-state index in [1.165, 1.54) is 12.8 Å². The van der Waals surface area contributed by atoms with Crippen LogP contribution in [-0.4, -0.2) is 33.8 Å². The van der Waals surface area contributed by atoms with Crippen LogP contribution in [0, 0.1) is 6.92 Å². The van der Waals surface area contributed by atoms with E-state index in [1.807, 2.05) is 26.2 Å². The van der Waals surface area contributed by atoms with Crippen molar-refractivity contribution < 1.29 is 4.79 Å². The van der Waals surface area contributed by atoms with E-state index in [9.17, 15) is 4.79 Å². The van der Waals surface area contributed by atoms with Crippen LogP contribution in [0.1, 0.15) is 34.5 Å². The maximum atomic E-state index is 12.2. The van der Waals surface area contributed by atoms with Gasteiger partial charge in [0.25, 0.3) is 5.91 Å². The Kier molecular flexibility index (Phi) is 4.09. The van der Waals surface area contributed by atoms with Gasteiger partial charge in [-0.2, -0.15) is 5.10 Å². The lowest BCUT2D eigenvalue weighted by Gasteiger charge is -2.17. The highest BCUT2D eigenvalue weighted by molar-refractivity contribution is 5.94. The van der Waals surface area contributed by atoms with Crippen molar-refractivity contribution >= 4 is 11.7 Å². The van der Waals surface area contributed by atoms with E-state index >= 15 is 0 Å². The maximum Gasteiger partial charge on any atom is 0.255 e. The first-order valence-electron chi connectivity index (χ1n) is 7.62. The first kappa shape index (κ1) is 14.6. The van der Waals surface area contributed by atoms with Crippen molar-refractivity contribution in [1.82, 2.24) is 20.1 Å². The maximum absolute atomic E-state index is 12.2. The Hall–Kier alpha value is -2.37. The zero-order chi connectivity index (χ0) is 15.5. The number of pyridine rings is 1. The summed E-state index contributed by atoms with van der Waals surface area (Å²) in [4.78, 5) is 18.9. The monoisotopic (exact) mass is 299 g/mol. The van der Waals surface area contributed by atoms with E-state index in [4.69, 9.17) is 0 Å². The van der Waals surface area contributed by atoms with Crippen molar-refractivity contribution in [2.75, 3.05) is 18.0 Å². The molecule has 0 unspecified atom stereocenters. The van der Waals surface area contributed by atoms with E-state index in [1.54, 1.807) is 10.9 Å². The highest BCUT2D eigenvalue weighted by Crippen LogP contribution is 2.18. The van der Waals surface area contributed by atoms with Crippen molar-refractivity contribution in [3.63, 3.8) is 0 Å². The molecule has 1 fully saturated rings. The first-order valence-corrected chi connectivity index (χ1v) is 7.62. The van der Waals surface area contributed by atoms with Crippen molar-refractivity contribution in [2.45, 2.75) is 26.3 Å². The standard InChI is InChI=1S/C16H21N5O/c1-12-14(11-19-20(12)2)16(22)18-10-13-5-6-17-15(9-13)21-7-3-4-8-21/h5-6,9,11H,3-4,7-8,10H2,1-2H3,(H,18,22). The molecule has 1 aliphatic rings. The van der Waals surface area contributed by atoms with Crippen LogP contribution in [0.25, 0.3) is 0 Å². The minimum Gasteiger partial charge on any atom is -0.357 e. The number of aromatic nitrogens is 3. The molecule has 1 aliphatic heterocycles. The highest BCUT2D eigenvalue weighted by atomic mass is 16.1. The molecule has 2 aromatic heterocycles. The van der Waals surface area contributed by atoms with Gasteiger partial charge >= 0.3 is 0 Å². The van der Waals surface area contributed by atoms with Crippen molar-refractivity contribution in [3.8, 4) is 0 Å². The Labute approximate surface area is 130 Å². The van der Waals surface area contributed by atoms with Crippen molar-refractivity contribution in [1.29, 1.82) is 0 Å². The third kappa shape index (κ3) is 2.95. The first-order chi connectivity index (χ1) is 10.6. The summed E-state index contributed by atoms with van der Waals surface area (Å²) >= 11 is 0. The van der Waals surface area contributed by atoms with Crippen LogP contribution < -0.4 is 10.2 Å². The van der Waals surface area contributed by atoms with Crippen molar-refractivity contribution in [2.24, 2.45) is 7.05 Å². The van der Waals surface area contributed by atoms with Crippen LogP contribution in [0.5, 0.6) is 0 Å². The zero-order valence-electron chi connectivity index (χ0n) is 13.0. The molecule has 6 heteroatoms. The van der Waals surface area contributed by atoms with Crippen molar-refractivity contribution in [3.05, 3.63) is 41.3 Å². The lowest BCUT2D eigenvalue weighted by molar-refractivity contribution is 0.0950. The smallest absolute Gasteiger partial charge is 0.255 e. The number of hydrogen-bond donors (Lipinski definition) is 1. The summed E-state index contributed by atoms with van der Waals surface area (Å²) in [5.41, 5.74) is 2.55. The number of carbonyl (C=O) groups is 1. The molecule has 2 aromatic rings. The Bertz CT molecular complexity index is 673. The highest BCUT2D eigenvalue weighted by Gasteiger charge is 2.15. The van der Waals surface area contributed by atoms with Crippen LogP contribution in [0.2, 0.25) is 0 Å². The molecule has 3 rings (SSSR count). The molecule has 1 N–H and O–H groups in total. The summed E-state index contributed by atoms with van der Waals surface area (Å²) in [6, 6.07) is 4.00. The second-order valence-electron chi connectivity index (χ2n) is 5.67. The van der Waals surface area contributed by atoms with Gasteiger partial charge in [0.15, 0.2) is 0 Å². The molecule has 0 aliphatic carbocycles. The van der Waals surface area contributed by atoms with E-state index < -0.39 is 0 Å².